The van der Waals surface area contributed by atoms with Gasteiger partial charge in [-0.15, -0.1) is 0 Å². The number of esters is 2. The van der Waals surface area contributed by atoms with Gasteiger partial charge in [-0.2, -0.15) is 0 Å². The zero-order chi connectivity index (χ0) is 9.78. The first-order chi connectivity index (χ1) is 5.31. The number of hydrogen-bond donors (Lipinski definition) is 0. The monoisotopic (exact) mass is 170 g/mol. The van der Waals surface area contributed by atoms with Gasteiger partial charge in [0, 0.05) is 13.0 Å². The standard InChI is InChI=1S/C9H14O3/c1-7(10)12-8(11)5-6-9(2,3)4/h5-6H,1-4H3. The molecule has 0 aliphatic carbocycles. The molecule has 0 amide bonds. The van der Waals surface area contributed by atoms with Crippen LogP contribution in [0.1, 0.15) is 27.7 Å². The van der Waals surface area contributed by atoms with Gasteiger partial charge in [0.2, 0.25) is 0 Å². The molecule has 0 saturated carbocycles. The quantitative estimate of drug-likeness (QED) is 0.341. The van der Waals surface area contributed by atoms with Crippen LogP contribution in [0.25, 0.3) is 0 Å². The van der Waals surface area contributed by atoms with Gasteiger partial charge in [0.05, 0.1) is 0 Å². The number of carbonyl (C=O) groups is 2. The third-order valence-corrected chi connectivity index (χ3v) is 0.964. The number of carbonyl (C=O) groups excluding carboxylic acids is 2. The van der Waals surface area contributed by atoms with Crippen molar-refractivity contribution < 1.29 is 14.3 Å². The van der Waals surface area contributed by atoms with E-state index in [0.717, 1.165) is 0 Å². The van der Waals surface area contributed by atoms with Crippen molar-refractivity contribution in [1.82, 2.24) is 0 Å². The maximum absolute atomic E-state index is 10.8. The molecule has 0 unspecified atom stereocenters. The van der Waals surface area contributed by atoms with Gasteiger partial charge < -0.3 is 4.74 Å². The van der Waals surface area contributed by atoms with Crippen LogP contribution in [0.4, 0.5) is 0 Å². The van der Waals surface area contributed by atoms with Gasteiger partial charge in [0.1, 0.15) is 0 Å². The summed E-state index contributed by atoms with van der Waals surface area (Å²) < 4.78 is 4.28. The highest BCUT2D eigenvalue weighted by Gasteiger charge is 2.06. The van der Waals surface area contributed by atoms with E-state index < -0.39 is 11.9 Å². The fourth-order valence-corrected chi connectivity index (χ4v) is 0.494. The number of rotatable bonds is 1. The van der Waals surface area contributed by atoms with E-state index in [4.69, 9.17) is 0 Å². The van der Waals surface area contributed by atoms with Crippen molar-refractivity contribution in [3.63, 3.8) is 0 Å². The second kappa shape index (κ2) is 4.04. The van der Waals surface area contributed by atoms with E-state index in [1.807, 2.05) is 20.8 Å². The zero-order valence-electron chi connectivity index (χ0n) is 7.88. The predicted octanol–water partition coefficient (Wildman–Crippen LogP) is 1.68. The molecule has 68 valence electrons. The average Bonchev–Trinajstić information content (AvgIpc) is 1.80. The Labute approximate surface area is 72.4 Å². The lowest BCUT2D eigenvalue weighted by atomic mass is 9.96. The minimum absolute atomic E-state index is 0.0736. The molecule has 0 aliphatic heterocycles. The fourth-order valence-electron chi connectivity index (χ4n) is 0.494. The Morgan fingerprint density at radius 1 is 1.25 bits per heavy atom. The van der Waals surface area contributed by atoms with Gasteiger partial charge in [0.25, 0.3) is 0 Å². The van der Waals surface area contributed by atoms with Crippen LogP contribution in [-0.2, 0) is 14.3 Å². The third-order valence-electron chi connectivity index (χ3n) is 0.964. The Bertz CT molecular complexity index is 208. The lowest BCUT2D eigenvalue weighted by molar-refractivity contribution is -0.154. The Morgan fingerprint density at radius 3 is 2.08 bits per heavy atom. The molecule has 0 spiro atoms. The smallest absolute Gasteiger partial charge is 0.338 e. The summed E-state index contributed by atoms with van der Waals surface area (Å²) in [4.78, 5) is 21.1. The molecule has 0 aromatic rings. The van der Waals surface area contributed by atoms with Gasteiger partial charge in [0.15, 0.2) is 0 Å². The summed E-state index contributed by atoms with van der Waals surface area (Å²) in [5.41, 5.74) is -0.0736. The first-order valence-corrected chi connectivity index (χ1v) is 3.73. The van der Waals surface area contributed by atoms with Gasteiger partial charge in [-0.3, -0.25) is 4.79 Å². The van der Waals surface area contributed by atoms with E-state index in [2.05, 4.69) is 4.74 Å². The summed E-state index contributed by atoms with van der Waals surface area (Å²) >= 11 is 0. The zero-order valence-corrected chi connectivity index (χ0v) is 7.88. The van der Waals surface area contributed by atoms with E-state index in [1.165, 1.54) is 13.0 Å². The van der Waals surface area contributed by atoms with Crippen molar-refractivity contribution in [3.8, 4) is 0 Å². The van der Waals surface area contributed by atoms with Gasteiger partial charge in [-0.25, -0.2) is 4.79 Å². The second-order valence-electron chi connectivity index (χ2n) is 3.61. The number of ether oxygens (including phenoxy) is 1. The van der Waals surface area contributed by atoms with Crippen molar-refractivity contribution in [2.45, 2.75) is 27.7 Å². The van der Waals surface area contributed by atoms with Crippen molar-refractivity contribution in [3.05, 3.63) is 12.2 Å². The Kier molecular flexibility index (Phi) is 3.67. The molecule has 0 fully saturated rings. The summed E-state index contributed by atoms with van der Waals surface area (Å²) in [6.45, 7) is 7.04. The minimum atomic E-state index is -0.613. The van der Waals surface area contributed by atoms with Crippen molar-refractivity contribution in [1.29, 1.82) is 0 Å². The van der Waals surface area contributed by atoms with Crippen LogP contribution in [0, 0.1) is 5.41 Å². The first-order valence-electron chi connectivity index (χ1n) is 3.73. The van der Waals surface area contributed by atoms with Gasteiger partial charge in [-0.05, 0) is 5.41 Å². The number of allylic oxidation sites excluding steroid dienone is 1. The summed E-state index contributed by atoms with van der Waals surface area (Å²) in [7, 11) is 0. The highest BCUT2D eigenvalue weighted by molar-refractivity contribution is 5.91. The van der Waals surface area contributed by atoms with E-state index in [1.54, 1.807) is 6.08 Å². The molecule has 0 bridgehead atoms. The molecule has 0 aromatic carbocycles. The molecule has 0 saturated heterocycles. The fraction of sp³-hybridized carbons (Fsp3) is 0.556. The molecule has 0 aromatic heterocycles. The number of hydrogen-bond acceptors (Lipinski definition) is 3. The van der Waals surface area contributed by atoms with Crippen LogP contribution >= 0.6 is 0 Å². The molecular formula is C9H14O3. The van der Waals surface area contributed by atoms with Gasteiger partial charge in [-0.1, -0.05) is 26.8 Å². The summed E-state index contributed by atoms with van der Waals surface area (Å²) in [6.07, 6.45) is 2.96. The summed E-state index contributed by atoms with van der Waals surface area (Å²) in [6, 6.07) is 0. The highest BCUT2D eigenvalue weighted by Crippen LogP contribution is 2.14. The maximum Gasteiger partial charge on any atom is 0.338 e. The van der Waals surface area contributed by atoms with Crippen LogP contribution < -0.4 is 0 Å². The van der Waals surface area contributed by atoms with Gasteiger partial charge >= 0.3 is 11.9 Å². The van der Waals surface area contributed by atoms with Crippen LogP contribution in [-0.4, -0.2) is 11.9 Å². The lowest BCUT2D eigenvalue weighted by Crippen LogP contribution is -2.07. The minimum Gasteiger partial charge on any atom is -0.390 e. The normalized spacial score (nSPS) is 11.7. The molecule has 0 aliphatic rings. The summed E-state index contributed by atoms with van der Waals surface area (Å²) in [5, 5.41) is 0. The largest absolute Gasteiger partial charge is 0.390 e. The van der Waals surface area contributed by atoms with Crippen molar-refractivity contribution >= 4 is 11.9 Å². The van der Waals surface area contributed by atoms with E-state index in [0.29, 0.717) is 0 Å². The van der Waals surface area contributed by atoms with E-state index >= 15 is 0 Å². The predicted molar refractivity (Wildman–Crippen MR) is 45.4 cm³/mol. The Hall–Kier alpha value is -1.12. The average molecular weight is 170 g/mol. The molecule has 0 atom stereocenters. The van der Waals surface area contributed by atoms with E-state index in [-0.39, 0.29) is 5.41 Å². The molecular weight excluding hydrogens is 156 g/mol. The van der Waals surface area contributed by atoms with Crippen LogP contribution in [0.5, 0.6) is 0 Å². The van der Waals surface area contributed by atoms with Crippen LogP contribution in [0.3, 0.4) is 0 Å². The molecule has 0 heterocycles. The van der Waals surface area contributed by atoms with Crippen molar-refractivity contribution in [2.24, 2.45) is 5.41 Å². The first kappa shape index (κ1) is 10.9. The molecule has 0 rings (SSSR count). The van der Waals surface area contributed by atoms with Crippen LogP contribution in [0.15, 0.2) is 12.2 Å². The Balaban J connectivity index is 4.01. The van der Waals surface area contributed by atoms with E-state index in [9.17, 15) is 9.59 Å². The Morgan fingerprint density at radius 2 is 1.75 bits per heavy atom. The molecule has 0 radical (unpaired) electrons. The second-order valence-corrected chi connectivity index (χ2v) is 3.61. The maximum atomic E-state index is 10.8. The third kappa shape index (κ3) is 6.99. The molecule has 0 N–H and O–H groups in total. The molecule has 3 nitrogen and oxygen atoms in total. The topological polar surface area (TPSA) is 43.4 Å². The SMILES string of the molecule is CC(=O)OC(=O)C=CC(C)(C)C. The van der Waals surface area contributed by atoms with Crippen molar-refractivity contribution in [2.75, 3.05) is 0 Å². The highest BCUT2D eigenvalue weighted by atomic mass is 16.6. The van der Waals surface area contributed by atoms with Crippen LogP contribution in [0.2, 0.25) is 0 Å². The lowest BCUT2D eigenvalue weighted by Gasteiger charge is -2.10. The summed E-state index contributed by atoms with van der Waals surface area (Å²) in [5.74, 6) is -1.20. The molecule has 3 heteroatoms. The molecule has 12 heavy (non-hydrogen) atoms.